The number of nitrogens with one attached hydrogen (secondary N) is 1. The second kappa shape index (κ2) is 7.63. The number of hydrogen-bond acceptors (Lipinski definition) is 2. The van der Waals surface area contributed by atoms with Crippen molar-refractivity contribution in [3.8, 4) is 0 Å². The van der Waals surface area contributed by atoms with Crippen molar-refractivity contribution in [2.75, 3.05) is 18.4 Å². The molecule has 0 saturated carbocycles. The van der Waals surface area contributed by atoms with Crippen LogP contribution in [0.4, 0.5) is 5.69 Å². The Kier molecular flexibility index (Phi) is 5.31. The molecule has 1 heterocycles. The zero-order valence-corrected chi connectivity index (χ0v) is 14.6. The number of hydrogen-bond donors (Lipinski definition) is 1. The fraction of sp³-hybridized carbons (Fsp3) is 0.381. The zero-order valence-electron chi connectivity index (χ0n) is 14.6. The molecule has 0 aromatic heterocycles. The standard InChI is InChI=1S/C21H26N2O/c1-16-10-11-17(2)20(13-16)22-21(24)19-9-6-12-23(15-19)14-18-7-4-3-5-8-18/h3-5,7-8,10-11,13,19H,6,9,12,14-15H2,1-2H3,(H,22,24). The molecule has 24 heavy (non-hydrogen) atoms. The molecule has 1 aliphatic heterocycles. The lowest BCUT2D eigenvalue weighted by Crippen LogP contribution is -2.40. The van der Waals surface area contributed by atoms with E-state index in [1.807, 2.05) is 13.0 Å². The molecule has 2 aromatic carbocycles. The summed E-state index contributed by atoms with van der Waals surface area (Å²) >= 11 is 0. The van der Waals surface area contributed by atoms with E-state index in [2.05, 4.69) is 59.6 Å². The molecular formula is C21H26N2O. The molecule has 3 rings (SSSR count). The van der Waals surface area contributed by atoms with Gasteiger partial charge in [0.2, 0.25) is 5.91 Å². The summed E-state index contributed by atoms with van der Waals surface area (Å²) in [6.45, 7) is 6.93. The van der Waals surface area contributed by atoms with Crippen LogP contribution in [0.25, 0.3) is 0 Å². The smallest absolute Gasteiger partial charge is 0.228 e. The number of carbonyl (C=O) groups is 1. The van der Waals surface area contributed by atoms with Crippen molar-refractivity contribution < 1.29 is 4.79 Å². The molecule has 1 N–H and O–H groups in total. The minimum Gasteiger partial charge on any atom is -0.326 e. The van der Waals surface area contributed by atoms with Gasteiger partial charge in [0, 0.05) is 18.8 Å². The van der Waals surface area contributed by atoms with Crippen molar-refractivity contribution in [2.24, 2.45) is 5.92 Å². The number of anilines is 1. The summed E-state index contributed by atoms with van der Waals surface area (Å²) in [6.07, 6.45) is 2.06. The highest BCUT2D eigenvalue weighted by atomic mass is 16.1. The number of carbonyl (C=O) groups excluding carboxylic acids is 1. The fourth-order valence-corrected chi connectivity index (χ4v) is 3.36. The maximum absolute atomic E-state index is 12.7. The van der Waals surface area contributed by atoms with E-state index in [9.17, 15) is 4.79 Å². The van der Waals surface area contributed by atoms with Crippen molar-refractivity contribution in [2.45, 2.75) is 33.2 Å². The second-order valence-corrected chi connectivity index (χ2v) is 6.87. The van der Waals surface area contributed by atoms with Crippen molar-refractivity contribution in [1.82, 2.24) is 4.90 Å². The summed E-state index contributed by atoms with van der Waals surface area (Å²) < 4.78 is 0. The number of amides is 1. The molecule has 1 saturated heterocycles. The maximum atomic E-state index is 12.7. The van der Waals surface area contributed by atoms with Gasteiger partial charge in [-0.25, -0.2) is 0 Å². The van der Waals surface area contributed by atoms with E-state index < -0.39 is 0 Å². The van der Waals surface area contributed by atoms with E-state index in [0.29, 0.717) is 0 Å². The lowest BCUT2D eigenvalue weighted by molar-refractivity contribution is -0.121. The number of rotatable bonds is 4. The Labute approximate surface area is 144 Å². The number of piperidine rings is 1. The predicted octanol–water partition coefficient (Wildman–Crippen LogP) is 4.15. The molecule has 2 aromatic rings. The minimum absolute atomic E-state index is 0.0716. The largest absolute Gasteiger partial charge is 0.326 e. The van der Waals surface area contributed by atoms with Crippen LogP contribution < -0.4 is 5.32 Å². The molecule has 1 atom stereocenters. The average Bonchev–Trinajstić information content (AvgIpc) is 2.59. The van der Waals surface area contributed by atoms with Crippen molar-refractivity contribution in [3.05, 3.63) is 65.2 Å². The van der Waals surface area contributed by atoms with E-state index in [-0.39, 0.29) is 11.8 Å². The van der Waals surface area contributed by atoms with Gasteiger partial charge in [-0.05, 0) is 56.0 Å². The average molecular weight is 322 g/mol. The lowest BCUT2D eigenvalue weighted by atomic mass is 9.96. The van der Waals surface area contributed by atoms with Gasteiger partial charge >= 0.3 is 0 Å². The lowest BCUT2D eigenvalue weighted by Gasteiger charge is -2.32. The van der Waals surface area contributed by atoms with Gasteiger partial charge in [0.15, 0.2) is 0 Å². The highest BCUT2D eigenvalue weighted by molar-refractivity contribution is 5.93. The predicted molar refractivity (Wildman–Crippen MR) is 99.0 cm³/mol. The first kappa shape index (κ1) is 16.7. The summed E-state index contributed by atoms with van der Waals surface area (Å²) in [7, 11) is 0. The summed E-state index contributed by atoms with van der Waals surface area (Å²) in [5, 5.41) is 3.14. The molecule has 3 nitrogen and oxygen atoms in total. The Morgan fingerprint density at radius 1 is 1.17 bits per heavy atom. The third-order valence-corrected chi connectivity index (χ3v) is 4.78. The van der Waals surface area contributed by atoms with E-state index in [1.54, 1.807) is 0 Å². The molecule has 1 fully saturated rings. The molecule has 1 unspecified atom stereocenters. The quantitative estimate of drug-likeness (QED) is 0.917. The first-order chi connectivity index (χ1) is 11.6. The van der Waals surface area contributed by atoms with Crippen LogP contribution in [-0.4, -0.2) is 23.9 Å². The molecule has 126 valence electrons. The third kappa shape index (κ3) is 4.24. The van der Waals surface area contributed by atoms with Crippen LogP contribution in [0, 0.1) is 19.8 Å². The Balaban J connectivity index is 1.61. The van der Waals surface area contributed by atoms with Crippen LogP contribution in [0.1, 0.15) is 29.5 Å². The molecule has 0 bridgehead atoms. The molecule has 3 heteroatoms. The SMILES string of the molecule is Cc1ccc(C)c(NC(=O)C2CCCN(Cc3ccccc3)C2)c1. The molecule has 0 radical (unpaired) electrons. The van der Waals surface area contributed by atoms with Crippen molar-refractivity contribution >= 4 is 11.6 Å². The van der Waals surface area contributed by atoms with Gasteiger partial charge in [0.05, 0.1) is 5.92 Å². The summed E-state index contributed by atoms with van der Waals surface area (Å²) in [4.78, 5) is 15.1. The Bertz CT molecular complexity index is 696. The van der Waals surface area contributed by atoms with Gasteiger partial charge in [0.1, 0.15) is 0 Å². The highest BCUT2D eigenvalue weighted by Crippen LogP contribution is 2.22. The first-order valence-corrected chi connectivity index (χ1v) is 8.76. The summed E-state index contributed by atoms with van der Waals surface area (Å²) in [5.41, 5.74) is 4.55. The van der Waals surface area contributed by atoms with Gasteiger partial charge in [0.25, 0.3) is 0 Å². The van der Waals surface area contributed by atoms with Crippen LogP contribution in [0.5, 0.6) is 0 Å². The van der Waals surface area contributed by atoms with Gasteiger partial charge in [-0.3, -0.25) is 9.69 Å². The highest BCUT2D eigenvalue weighted by Gasteiger charge is 2.26. The van der Waals surface area contributed by atoms with Gasteiger partial charge in [-0.15, -0.1) is 0 Å². The topological polar surface area (TPSA) is 32.3 Å². The zero-order chi connectivity index (χ0) is 16.9. The third-order valence-electron chi connectivity index (χ3n) is 4.78. The van der Waals surface area contributed by atoms with Gasteiger partial charge in [-0.2, -0.15) is 0 Å². The Hall–Kier alpha value is -2.13. The molecular weight excluding hydrogens is 296 g/mol. The monoisotopic (exact) mass is 322 g/mol. The molecule has 0 aliphatic carbocycles. The fourth-order valence-electron chi connectivity index (χ4n) is 3.36. The van der Waals surface area contributed by atoms with Gasteiger partial charge < -0.3 is 5.32 Å². The molecule has 0 spiro atoms. The van der Waals surface area contributed by atoms with Crippen molar-refractivity contribution in [1.29, 1.82) is 0 Å². The van der Waals surface area contributed by atoms with E-state index >= 15 is 0 Å². The summed E-state index contributed by atoms with van der Waals surface area (Å²) in [5.74, 6) is 0.226. The molecule has 1 amide bonds. The number of benzene rings is 2. The van der Waals surface area contributed by atoms with Crippen LogP contribution in [-0.2, 0) is 11.3 Å². The number of aryl methyl sites for hydroxylation is 2. The maximum Gasteiger partial charge on any atom is 0.228 e. The first-order valence-electron chi connectivity index (χ1n) is 8.76. The van der Waals surface area contributed by atoms with Crippen LogP contribution in [0.15, 0.2) is 48.5 Å². The molecule has 1 aliphatic rings. The number of likely N-dealkylation sites (tertiary alicyclic amines) is 1. The minimum atomic E-state index is 0.0716. The Morgan fingerprint density at radius 2 is 1.96 bits per heavy atom. The van der Waals surface area contributed by atoms with Crippen LogP contribution >= 0.6 is 0 Å². The summed E-state index contributed by atoms with van der Waals surface area (Å²) in [6, 6.07) is 16.7. The van der Waals surface area contributed by atoms with Gasteiger partial charge in [-0.1, -0.05) is 42.5 Å². The number of nitrogens with zero attached hydrogens (tertiary/aromatic N) is 1. The van der Waals surface area contributed by atoms with Crippen LogP contribution in [0.2, 0.25) is 0 Å². The second-order valence-electron chi connectivity index (χ2n) is 6.87. The van der Waals surface area contributed by atoms with Crippen LogP contribution in [0.3, 0.4) is 0 Å². The normalized spacial score (nSPS) is 18.3. The van der Waals surface area contributed by atoms with Crippen molar-refractivity contribution in [3.63, 3.8) is 0 Å². The Morgan fingerprint density at radius 3 is 2.75 bits per heavy atom. The van der Waals surface area contributed by atoms with E-state index in [0.717, 1.165) is 43.7 Å². The van der Waals surface area contributed by atoms with E-state index in [1.165, 1.54) is 11.1 Å². The van der Waals surface area contributed by atoms with E-state index in [4.69, 9.17) is 0 Å².